The average molecular weight is 377 g/mol. The minimum Gasteiger partial charge on any atom is -0.459 e. The van der Waals surface area contributed by atoms with E-state index in [0.717, 1.165) is 17.0 Å². The first-order chi connectivity index (χ1) is 13.5. The molecule has 1 aromatic heterocycles. The van der Waals surface area contributed by atoms with E-state index in [1.807, 2.05) is 0 Å². The molecule has 1 N–H and O–H groups in total. The Balaban J connectivity index is 1.72. The van der Waals surface area contributed by atoms with Gasteiger partial charge in [-0.25, -0.2) is 4.90 Å². The van der Waals surface area contributed by atoms with Crippen LogP contribution in [0.25, 0.3) is 0 Å². The van der Waals surface area contributed by atoms with Gasteiger partial charge in [0.25, 0.3) is 23.4 Å². The molecule has 4 rings (SSSR count). The van der Waals surface area contributed by atoms with Crippen LogP contribution in [0.4, 0.5) is 17.1 Å². The summed E-state index contributed by atoms with van der Waals surface area (Å²) >= 11 is 0. The van der Waals surface area contributed by atoms with Crippen molar-refractivity contribution < 1.29 is 23.7 Å². The number of anilines is 2. The number of nitrogens with zero attached hydrogens (tertiary/aromatic N) is 2. The Morgan fingerprint density at radius 2 is 1.75 bits per heavy atom. The van der Waals surface area contributed by atoms with E-state index in [0.29, 0.717) is 0 Å². The molecule has 0 atom stereocenters. The van der Waals surface area contributed by atoms with Crippen molar-refractivity contribution in [2.45, 2.75) is 0 Å². The molecule has 0 fully saturated rings. The molecule has 1 aliphatic heterocycles. The second-order valence-corrected chi connectivity index (χ2v) is 5.88. The molecule has 3 aromatic rings. The van der Waals surface area contributed by atoms with Crippen molar-refractivity contribution >= 4 is 34.8 Å². The van der Waals surface area contributed by atoms with E-state index in [1.54, 1.807) is 18.2 Å². The monoisotopic (exact) mass is 377 g/mol. The predicted molar refractivity (Wildman–Crippen MR) is 97.3 cm³/mol. The molecule has 9 nitrogen and oxygen atoms in total. The van der Waals surface area contributed by atoms with E-state index < -0.39 is 22.6 Å². The fraction of sp³-hybridized carbons (Fsp3) is 0. The molecule has 0 saturated heterocycles. The number of hydrogen-bond acceptors (Lipinski definition) is 6. The third-order valence-electron chi connectivity index (χ3n) is 4.22. The van der Waals surface area contributed by atoms with E-state index in [2.05, 4.69) is 5.32 Å². The molecular formula is C19H11N3O6. The third-order valence-corrected chi connectivity index (χ3v) is 4.22. The smallest absolute Gasteiger partial charge is 0.291 e. The van der Waals surface area contributed by atoms with Crippen molar-refractivity contribution in [1.82, 2.24) is 0 Å². The number of nitro groups is 1. The number of fused-ring (bicyclic) bond motifs is 1. The van der Waals surface area contributed by atoms with Crippen molar-refractivity contribution in [3.63, 3.8) is 0 Å². The quantitative estimate of drug-likeness (QED) is 0.423. The lowest BCUT2D eigenvalue weighted by Gasteiger charge is -2.18. The second kappa shape index (κ2) is 6.47. The number of nitrogens with one attached hydrogen (secondary N) is 1. The second-order valence-electron chi connectivity index (χ2n) is 5.88. The lowest BCUT2D eigenvalue weighted by molar-refractivity contribution is -0.384. The van der Waals surface area contributed by atoms with Gasteiger partial charge in [0.1, 0.15) is 0 Å². The summed E-state index contributed by atoms with van der Waals surface area (Å²) < 4.78 is 5.04. The lowest BCUT2D eigenvalue weighted by Crippen LogP contribution is -2.30. The van der Waals surface area contributed by atoms with Crippen LogP contribution in [-0.4, -0.2) is 22.6 Å². The van der Waals surface area contributed by atoms with Crippen LogP contribution in [-0.2, 0) is 0 Å². The largest absolute Gasteiger partial charge is 0.459 e. The van der Waals surface area contributed by atoms with Crippen molar-refractivity contribution in [3.05, 3.63) is 87.9 Å². The van der Waals surface area contributed by atoms with Gasteiger partial charge in [0, 0.05) is 12.1 Å². The molecule has 28 heavy (non-hydrogen) atoms. The Bertz CT molecular complexity index is 1140. The highest BCUT2D eigenvalue weighted by Gasteiger charge is 2.39. The number of amides is 3. The number of imide groups is 1. The Kier molecular flexibility index (Phi) is 3.96. The van der Waals surface area contributed by atoms with Crippen LogP contribution in [0, 0.1) is 10.1 Å². The van der Waals surface area contributed by atoms with Gasteiger partial charge < -0.3 is 9.73 Å². The molecule has 9 heteroatoms. The number of carbonyl (C=O) groups excluding carboxylic acids is 3. The average Bonchev–Trinajstić information content (AvgIpc) is 3.30. The standard InChI is InChI=1S/C19H11N3O6/c23-17(16-6-3-9-28-16)20-14-4-1-2-5-15(14)21-18(24)12-8-7-11(22(26)27)10-13(12)19(21)25/h1-10H,(H,20,23). The number of non-ortho nitro benzene ring substituents is 1. The Hall–Kier alpha value is -4.27. The lowest BCUT2D eigenvalue weighted by atomic mass is 10.1. The SMILES string of the molecule is O=C(Nc1ccccc1N1C(=O)c2ccc([N+](=O)[O-])cc2C1=O)c1ccco1. The minimum atomic E-state index is -0.705. The summed E-state index contributed by atoms with van der Waals surface area (Å²) in [7, 11) is 0. The van der Waals surface area contributed by atoms with Gasteiger partial charge in [0.15, 0.2) is 5.76 Å². The number of carbonyl (C=O) groups is 3. The molecule has 3 amide bonds. The van der Waals surface area contributed by atoms with Gasteiger partial charge in [0.05, 0.1) is 33.7 Å². The Morgan fingerprint density at radius 1 is 1.00 bits per heavy atom. The molecule has 1 aliphatic rings. The summed E-state index contributed by atoms with van der Waals surface area (Å²) in [5, 5.41) is 13.6. The maximum absolute atomic E-state index is 12.8. The molecule has 0 radical (unpaired) electrons. The topological polar surface area (TPSA) is 123 Å². The fourth-order valence-corrected chi connectivity index (χ4v) is 2.93. The van der Waals surface area contributed by atoms with E-state index >= 15 is 0 Å². The zero-order valence-electron chi connectivity index (χ0n) is 14.1. The Morgan fingerprint density at radius 3 is 2.46 bits per heavy atom. The van der Waals surface area contributed by atoms with Crippen molar-refractivity contribution in [1.29, 1.82) is 0 Å². The molecule has 0 bridgehead atoms. The van der Waals surface area contributed by atoms with Crippen molar-refractivity contribution in [2.24, 2.45) is 0 Å². The molecule has 0 unspecified atom stereocenters. The van der Waals surface area contributed by atoms with Crippen LogP contribution in [0.15, 0.2) is 65.3 Å². The highest BCUT2D eigenvalue weighted by atomic mass is 16.6. The van der Waals surface area contributed by atoms with E-state index in [1.165, 1.54) is 30.5 Å². The van der Waals surface area contributed by atoms with Gasteiger partial charge in [-0.1, -0.05) is 12.1 Å². The zero-order chi connectivity index (χ0) is 19.8. The van der Waals surface area contributed by atoms with Gasteiger partial charge in [-0.3, -0.25) is 24.5 Å². The normalized spacial score (nSPS) is 12.8. The van der Waals surface area contributed by atoms with E-state index in [4.69, 9.17) is 4.42 Å². The first kappa shape index (κ1) is 17.2. The zero-order valence-corrected chi connectivity index (χ0v) is 14.1. The van der Waals surface area contributed by atoms with Gasteiger partial charge in [-0.2, -0.15) is 0 Å². The molecule has 0 saturated carbocycles. The number of hydrogen-bond donors (Lipinski definition) is 1. The number of benzene rings is 2. The summed E-state index contributed by atoms with van der Waals surface area (Å²) in [6, 6.07) is 12.8. The Labute approximate surface area is 157 Å². The molecule has 2 heterocycles. The fourth-order valence-electron chi connectivity index (χ4n) is 2.93. The van der Waals surface area contributed by atoms with Crippen LogP contribution < -0.4 is 10.2 Å². The van der Waals surface area contributed by atoms with Crippen molar-refractivity contribution in [2.75, 3.05) is 10.2 Å². The van der Waals surface area contributed by atoms with Gasteiger partial charge in [0.2, 0.25) is 0 Å². The highest BCUT2D eigenvalue weighted by molar-refractivity contribution is 6.35. The summed E-state index contributed by atoms with van der Waals surface area (Å²) in [5.41, 5.74) is 0.0689. The van der Waals surface area contributed by atoms with Crippen LogP contribution in [0.1, 0.15) is 31.3 Å². The van der Waals surface area contributed by atoms with E-state index in [-0.39, 0.29) is 33.9 Å². The van der Waals surface area contributed by atoms with E-state index in [9.17, 15) is 24.5 Å². The maximum Gasteiger partial charge on any atom is 0.291 e. The molecular weight excluding hydrogens is 366 g/mol. The molecule has 0 spiro atoms. The van der Waals surface area contributed by atoms with Crippen LogP contribution in [0.2, 0.25) is 0 Å². The summed E-state index contributed by atoms with van der Waals surface area (Å²) in [4.78, 5) is 49.0. The minimum absolute atomic E-state index is 0.0581. The predicted octanol–water partition coefficient (Wildman–Crippen LogP) is 3.24. The summed E-state index contributed by atoms with van der Waals surface area (Å²) in [6.45, 7) is 0. The van der Waals surface area contributed by atoms with Gasteiger partial charge in [-0.05, 0) is 30.3 Å². The number of rotatable bonds is 4. The molecule has 138 valence electrons. The summed E-state index contributed by atoms with van der Waals surface area (Å²) in [6.07, 6.45) is 1.35. The maximum atomic E-state index is 12.8. The van der Waals surface area contributed by atoms with Gasteiger partial charge >= 0.3 is 0 Å². The first-order valence-electron chi connectivity index (χ1n) is 8.08. The summed E-state index contributed by atoms with van der Waals surface area (Å²) in [5.74, 6) is -1.82. The molecule has 0 aliphatic carbocycles. The number of nitro benzene ring substituents is 1. The van der Waals surface area contributed by atoms with Gasteiger partial charge in [-0.15, -0.1) is 0 Å². The highest BCUT2D eigenvalue weighted by Crippen LogP contribution is 2.34. The molecule has 2 aromatic carbocycles. The third kappa shape index (κ3) is 2.71. The van der Waals surface area contributed by atoms with Crippen LogP contribution >= 0.6 is 0 Å². The number of para-hydroxylation sites is 2. The first-order valence-corrected chi connectivity index (χ1v) is 8.08. The number of furan rings is 1. The van der Waals surface area contributed by atoms with Crippen molar-refractivity contribution in [3.8, 4) is 0 Å². The van der Waals surface area contributed by atoms with Crippen LogP contribution in [0.3, 0.4) is 0 Å². The van der Waals surface area contributed by atoms with Crippen LogP contribution in [0.5, 0.6) is 0 Å².